The van der Waals surface area contributed by atoms with Crippen LogP contribution in [0.2, 0.25) is 0 Å². The van der Waals surface area contributed by atoms with Crippen molar-refractivity contribution in [2.24, 2.45) is 7.05 Å². The molecule has 0 fully saturated rings. The number of aromatic nitrogens is 2. The summed E-state index contributed by atoms with van der Waals surface area (Å²) in [6.07, 6.45) is 0. The number of hydrogen-bond acceptors (Lipinski definition) is 2. The van der Waals surface area contributed by atoms with E-state index in [1.165, 1.54) is 5.56 Å². The summed E-state index contributed by atoms with van der Waals surface area (Å²) in [5, 5.41) is 7.28. The average Bonchev–Trinajstić information content (AvgIpc) is 2.66. The summed E-state index contributed by atoms with van der Waals surface area (Å²) < 4.78 is 1.78. The van der Waals surface area contributed by atoms with E-state index in [-0.39, 0.29) is 5.91 Å². The van der Waals surface area contributed by atoms with Crippen LogP contribution in [0.1, 0.15) is 17.0 Å². The van der Waals surface area contributed by atoms with E-state index in [4.69, 9.17) is 0 Å². The Hall–Kier alpha value is -2.14. The minimum atomic E-state index is 0.0163. The van der Waals surface area contributed by atoms with Gasteiger partial charge in [0, 0.05) is 12.6 Å². The van der Waals surface area contributed by atoms with Crippen LogP contribution in [0, 0.1) is 13.8 Å². The lowest BCUT2D eigenvalue weighted by Crippen LogP contribution is -3.08. The smallest absolute Gasteiger partial charge is 0.279 e. The predicted molar refractivity (Wildman–Crippen MR) is 83.2 cm³/mol. The molecular formula is C16H23N4O+. The van der Waals surface area contributed by atoms with Gasteiger partial charge in [0.25, 0.3) is 5.91 Å². The van der Waals surface area contributed by atoms with Gasteiger partial charge in [0.05, 0.1) is 24.1 Å². The van der Waals surface area contributed by atoms with Crippen LogP contribution in [0.3, 0.4) is 0 Å². The second kappa shape index (κ2) is 6.54. The molecule has 1 amide bonds. The molecule has 2 rings (SSSR count). The predicted octanol–water partition coefficient (Wildman–Crippen LogP) is 0.690. The topological polar surface area (TPSA) is 51.4 Å². The number of anilines is 1. The van der Waals surface area contributed by atoms with Gasteiger partial charge in [-0.1, -0.05) is 30.3 Å². The molecule has 1 aromatic carbocycles. The van der Waals surface area contributed by atoms with Crippen LogP contribution in [0.25, 0.3) is 0 Å². The fourth-order valence-corrected chi connectivity index (χ4v) is 2.42. The first-order valence-corrected chi connectivity index (χ1v) is 7.12. The van der Waals surface area contributed by atoms with Gasteiger partial charge in [-0.15, -0.1) is 0 Å². The number of quaternary nitrogens is 1. The van der Waals surface area contributed by atoms with Crippen molar-refractivity contribution in [1.82, 2.24) is 9.78 Å². The lowest BCUT2D eigenvalue weighted by Gasteiger charge is -2.14. The molecule has 1 atom stereocenters. The minimum Gasteiger partial charge on any atom is -0.326 e. The highest BCUT2D eigenvalue weighted by Gasteiger charge is 2.15. The summed E-state index contributed by atoms with van der Waals surface area (Å²) in [5.74, 6) is 0.0163. The van der Waals surface area contributed by atoms with Gasteiger partial charge in [0.2, 0.25) is 0 Å². The second-order valence-corrected chi connectivity index (χ2v) is 5.51. The zero-order valence-corrected chi connectivity index (χ0v) is 13.1. The van der Waals surface area contributed by atoms with E-state index in [1.54, 1.807) is 4.68 Å². The van der Waals surface area contributed by atoms with Crippen molar-refractivity contribution in [3.8, 4) is 0 Å². The summed E-state index contributed by atoms with van der Waals surface area (Å²) in [5.41, 5.74) is 3.89. The summed E-state index contributed by atoms with van der Waals surface area (Å²) in [7, 11) is 3.90. The van der Waals surface area contributed by atoms with Gasteiger partial charge in [-0.3, -0.25) is 9.48 Å². The lowest BCUT2D eigenvalue weighted by molar-refractivity contribution is -0.885. The molecule has 0 aliphatic rings. The summed E-state index contributed by atoms with van der Waals surface area (Å²) in [4.78, 5) is 13.3. The van der Waals surface area contributed by atoms with E-state index in [2.05, 4.69) is 22.5 Å². The Bertz CT molecular complexity index is 619. The molecule has 2 N–H and O–H groups in total. The van der Waals surface area contributed by atoms with Gasteiger partial charge in [-0.05, 0) is 13.8 Å². The van der Waals surface area contributed by atoms with Crippen LogP contribution in [0.4, 0.5) is 5.69 Å². The number of aryl methyl sites for hydroxylation is 2. The van der Waals surface area contributed by atoms with Crippen LogP contribution in [0.5, 0.6) is 0 Å². The number of hydrogen-bond donors (Lipinski definition) is 2. The molecule has 5 nitrogen and oxygen atoms in total. The van der Waals surface area contributed by atoms with Crippen molar-refractivity contribution >= 4 is 11.6 Å². The molecule has 0 aliphatic carbocycles. The van der Waals surface area contributed by atoms with Crippen LogP contribution >= 0.6 is 0 Å². The highest BCUT2D eigenvalue weighted by molar-refractivity contribution is 5.92. The van der Waals surface area contributed by atoms with Crippen LogP contribution < -0.4 is 10.2 Å². The maximum absolute atomic E-state index is 12.2. The molecule has 1 unspecified atom stereocenters. The standard InChI is InChI=1S/C16H22N4O/c1-12-16(13(2)20(4)18-12)17-15(21)11-19(3)10-14-8-6-5-7-9-14/h5-9H,10-11H2,1-4H3,(H,17,21)/p+1. The van der Waals surface area contributed by atoms with Gasteiger partial charge < -0.3 is 10.2 Å². The van der Waals surface area contributed by atoms with E-state index in [0.29, 0.717) is 6.54 Å². The van der Waals surface area contributed by atoms with Gasteiger partial charge in [0.15, 0.2) is 6.54 Å². The first kappa shape index (κ1) is 15.3. The molecule has 5 heteroatoms. The quantitative estimate of drug-likeness (QED) is 0.850. The first-order chi connectivity index (χ1) is 9.97. The van der Waals surface area contributed by atoms with Crippen molar-refractivity contribution in [2.75, 3.05) is 18.9 Å². The zero-order valence-electron chi connectivity index (χ0n) is 13.1. The normalized spacial score (nSPS) is 12.2. The largest absolute Gasteiger partial charge is 0.326 e. The molecule has 2 aromatic rings. The van der Waals surface area contributed by atoms with E-state index in [9.17, 15) is 4.79 Å². The van der Waals surface area contributed by atoms with Crippen molar-refractivity contribution in [3.05, 3.63) is 47.3 Å². The molecule has 0 aliphatic heterocycles. The third kappa shape index (κ3) is 3.92. The summed E-state index contributed by atoms with van der Waals surface area (Å²) in [6.45, 7) is 5.13. The Morgan fingerprint density at radius 3 is 2.52 bits per heavy atom. The van der Waals surface area contributed by atoms with Crippen molar-refractivity contribution in [2.45, 2.75) is 20.4 Å². The second-order valence-electron chi connectivity index (χ2n) is 5.51. The summed E-state index contributed by atoms with van der Waals surface area (Å²) >= 11 is 0. The lowest BCUT2D eigenvalue weighted by atomic mass is 10.2. The van der Waals surface area contributed by atoms with Crippen molar-refractivity contribution in [3.63, 3.8) is 0 Å². The average molecular weight is 287 g/mol. The number of carbonyl (C=O) groups is 1. The van der Waals surface area contributed by atoms with Gasteiger partial charge in [-0.2, -0.15) is 5.10 Å². The van der Waals surface area contributed by atoms with E-state index in [0.717, 1.165) is 28.5 Å². The third-order valence-corrected chi connectivity index (χ3v) is 3.58. The Kier molecular flexibility index (Phi) is 4.75. The van der Waals surface area contributed by atoms with Gasteiger partial charge in [-0.25, -0.2) is 0 Å². The van der Waals surface area contributed by atoms with E-state index < -0.39 is 0 Å². The number of likely N-dealkylation sites (N-methyl/N-ethyl adjacent to an activating group) is 1. The molecule has 1 aromatic heterocycles. The van der Waals surface area contributed by atoms with Crippen molar-refractivity contribution in [1.29, 1.82) is 0 Å². The Morgan fingerprint density at radius 2 is 1.95 bits per heavy atom. The van der Waals surface area contributed by atoms with Gasteiger partial charge in [0.1, 0.15) is 6.54 Å². The number of carbonyl (C=O) groups excluding carboxylic acids is 1. The molecule has 0 bridgehead atoms. The zero-order chi connectivity index (χ0) is 15.4. The molecule has 0 saturated heterocycles. The Morgan fingerprint density at radius 1 is 1.29 bits per heavy atom. The van der Waals surface area contributed by atoms with Crippen LogP contribution in [0.15, 0.2) is 30.3 Å². The van der Waals surface area contributed by atoms with Crippen LogP contribution in [-0.4, -0.2) is 29.3 Å². The monoisotopic (exact) mass is 287 g/mol. The Balaban J connectivity index is 1.92. The molecular weight excluding hydrogens is 264 g/mol. The van der Waals surface area contributed by atoms with Gasteiger partial charge >= 0.3 is 0 Å². The molecule has 1 heterocycles. The van der Waals surface area contributed by atoms with Crippen LogP contribution in [-0.2, 0) is 18.4 Å². The number of rotatable bonds is 5. The SMILES string of the molecule is Cc1nn(C)c(C)c1NC(=O)C[NH+](C)Cc1ccccc1. The number of nitrogens with one attached hydrogen (secondary N) is 2. The third-order valence-electron chi connectivity index (χ3n) is 3.58. The number of benzene rings is 1. The fourth-order valence-electron chi connectivity index (χ4n) is 2.42. The van der Waals surface area contributed by atoms with E-state index >= 15 is 0 Å². The maximum atomic E-state index is 12.2. The molecule has 112 valence electrons. The molecule has 0 saturated carbocycles. The number of amides is 1. The van der Waals surface area contributed by atoms with Crippen molar-refractivity contribution < 1.29 is 9.69 Å². The highest BCUT2D eigenvalue weighted by atomic mass is 16.2. The Labute approximate surface area is 125 Å². The number of nitrogens with zero attached hydrogens (tertiary/aromatic N) is 2. The highest BCUT2D eigenvalue weighted by Crippen LogP contribution is 2.17. The molecule has 0 radical (unpaired) electrons. The van der Waals surface area contributed by atoms with E-state index in [1.807, 2.05) is 46.1 Å². The first-order valence-electron chi connectivity index (χ1n) is 7.12. The maximum Gasteiger partial charge on any atom is 0.279 e. The molecule has 0 spiro atoms. The minimum absolute atomic E-state index is 0.0163. The summed E-state index contributed by atoms with van der Waals surface area (Å²) in [6, 6.07) is 10.2. The molecule has 21 heavy (non-hydrogen) atoms. The fraction of sp³-hybridized carbons (Fsp3) is 0.375.